The molecule has 1 atom stereocenters. The summed E-state index contributed by atoms with van der Waals surface area (Å²) in [6.45, 7) is 5.08. The maximum Gasteiger partial charge on any atom is 0.238 e. The summed E-state index contributed by atoms with van der Waals surface area (Å²) >= 11 is 7.58. The van der Waals surface area contributed by atoms with Gasteiger partial charge in [0.05, 0.1) is 18.5 Å². The third-order valence-electron chi connectivity index (χ3n) is 3.05. The topological polar surface area (TPSA) is 38.7 Å². The molecule has 0 spiro atoms. The Kier molecular flexibility index (Phi) is 7.68. The van der Waals surface area contributed by atoms with Gasteiger partial charge in [-0.1, -0.05) is 53.3 Å². The zero-order valence-corrected chi connectivity index (χ0v) is 15.6. The highest BCUT2D eigenvalue weighted by Crippen LogP contribution is 2.60. The molecule has 3 nitrogen and oxygen atoms in total. The Bertz CT molecular complexity index is 603. The van der Waals surface area contributed by atoms with Crippen molar-refractivity contribution in [3.8, 4) is 5.75 Å². The van der Waals surface area contributed by atoms with Crippen LogP contribution in [-0.2, 0) is 9.05 Å². The number of hydrogen-bond acceptors (Lipinski definition) is 4. The monoisotopic (exact) mass is 370 g/mol. The first kappa shape index (κ1) is 18.6. The average Bonchev–Trinajstić information content (AvgIpc) is 2.55. The highest BCUT2D eigenvalue weighted by atomic mass is 35.5. The van der Waals surface area contributed by atoms with Gasteiger partial charge in [0.15, 0.2) is 0 Å². The van der Waals surface area contributed by atoms with E-state index in [2.05, 4.69) is 0 Å². The lowest BCUT2D eigenvalue weighted by molar-refractivity contribution is 0.283. The summed E-state index contributed by atoms with van der Waals surface area (Å²) in [7, 11) is -1.09. The SMILES string of the molecule is CCOP(OCC)SC(c1ccc(Cl)cc1)c1ccccc1O. The summed E-state index contributed by atoms with van der Waals surface area (Å²) in [5.41, 5.74) is 1.89. The van der Waals surface area contributed by atoms with E-state index in [0.29, 0.717) is 18.2 Å². The molecule has 2 aromatic carbocycles. The number of rotatable bonds is 8. The summed E-state index contributed by atoms with van der Waals surface area (Å²) < 4.78 is 11.4. The van der Waals surface area contributed by atoms with Crippen LogP contribution in [0.15, 0.2) is 48.5 Å². The molecular weight excluding hydrogens is 351 g/mol. The minimum atomic E-state index is -1.09. The molecule has 23 heavy (non-hydrogen) atoms. The summed E-state index contributed by atoms with van der Waals surface area (Å²) in [6, 6.07) is 15.0. The van der Waals surface area contributed by atoms with E-state index in [1.54, 1.807) is 17.4 Å². The van der Waals surface area contributed by atoms with Gasteiger partial charge in [0.2, 0.25) is 7.58 Å². The molecule has 0 aliphatic carbocycles. The van der Waals surface area contributed by atoms with Crippen LogP contribution < -0.4 is 0 Å². The van der Waals surface area contributed by atoms with E-state index >= 15 is 0 Å². The van der Waals surface area contributed by atoms with Gasteiger partial charge in [-0.05, 0) is 37.6 Å². The van der Waals surface area contributed by atoms with Crippen molar-refractivity contribution < 1.29 is 14.2 Å². The smallest absolute Gasteiger partial charge is 0.238 e. The molecule has 6 heteroatoms. The number of aromatic hydroxyl groups is 1. The molecule has 0 aliphatic rings. The fraction of sp³-hybridized carbons (Fsp3) is 0.294. The highest BCUT2D eigenvalue weighted by Gasteiger charge is 2.24. The molecule has 0 saturated heterocycles. The molecular formula is C17H20ClO3PS. The van der Waals surface area contributed by atoms with Crippen LogP contribution in [0.5, 0.6) is 5.75 Å². The lowest BCUT2D eigenvalue weighted by Gasteiger charge is -2.23. The first-order valence-electron chi connectivity index (χ1n) is 7.41. The molecule has 0 aromatic heterocycles. The van der Waals surface area contributed by atoms with Gasteiger partial charge in [-0.3, -0.25) is 0 Å². The molecule has 0 saturated carbocycles. The second-order valence-corrected chi connectivity index (χ2v) is 8.26. The van der Waals surface area contributed by atoms with E-state index in [9.17, 15) is 5.11 Å². The van der Waals surface area contributed by atoms with Gasteiger partial charge < -0.3 is 14.2 Å². The van der Waals surface area contributed by atoms with Crippen LogP contribution in [0.25, 0.3) is 0 Å². The number of para-hydroxylation sites is 1. The Morgan fingerprint density at radius 3 is 2.22 bits per heavy atom. The Hall–Kier alpha value is -0.770. The maximum absolute atomic E-state index is 10.3. The van der Waals surface area contributed by atoms with Crippen molar-refractivity contribution in [2.24, 2.45) is 0 Å². The number of halogens is 1. The van der Waals surface area contributed by atoms with Gasteiger partial charge in [-0.15, -0.1) is 0 Å². The van der Waals surface area contributed by atoms with E-state index < -0.39 is 7.58 Å². The summed E-state index contributed by atoms with van der Waals surface area (Å²) in [5, 5.41) is 10.9. The van der Waals surface area contributed by atoms with Crippen LogP contribution in [0.3, 0.4) is 0 Å². The molecule has 0 radical (unpaired) electrons. The molecule has 0 aliphatic heterocycles. The van der Waals surface area contributed by atoms with Crippen molar-refractivity contribution in [1.82, 2.24) is 0 Å². The first-order chi connectivity index (χ1) is 11.2. The van der Waals surface area contributed by atoms with Crippen LogP contribution >= 0.6 is 30.6 Å². The van der Waals surface area contributed by atoms with Crippen molar-refractivity contribution in [2.75, 3.05) is 13.2 Å². The van der Waals surface area contributed by atoms with Crippen molar-refractivity contribution in [2.45, 2.75) is 19.1 Å². The second-order valence-electron chi connectivity index (χ2n) is 4.65. The van der Waals surface area contributed by atoms with Crippen LogP contribution in [0.2, 0.25) is 5.02 Å². The number of phenols is 1. The molecule has 0 heterocycles. The Labute approximate surface area is 147 Å². The minimum Gasteiger partial charge on any atom is -0.508 e. The van der Waals surface area contributed by atoms with E-state index in [4.69, 9.17) is 20.6 Å². The Morgan fingerprint density at radius 1 is 1.04 bits per heavy atom. The Morgan fingerprint density at radius 2 is 1.65 bits per heavy atom. The van der Waals surface area contributed by atoms with Gasteiger partial charge in [-0.25, -0.2) is 0 Å². The highest BCUT2D eigenvalue weighted by molar-refractivity contribution is 8.53. The summed E-state index contributed by atoms with van der Waals surface area (Å²) in [6.07, 6.45) is 0. The van der Waals surface area contributed by atoms with Crippen LogP contribution in [0.1, 0.15) is 30.2 Å². The van der Waals surface area contributed by atoms with Gasteiger partial charge in [0.1, 0.15) is 5.75 Å². The normalized spacial score (nSPS) is 12.5. The molecule has 2 aromatic rings. The quantitative estimate of drug-likeness (QED) is 0.564. The molecule has 1 N–H and O–H groups in total. The summed E-state index contributed by atoms with van der Waals surface area (Å²) in [5.74, 6) is 0.267. The summed E-state index contributed by atoms with van der Waals surface area (Å²) in [4.78, 5) is 0. The van der Waals surface area contributed by atoms with Crippen LogP contribution in [-0.4, -0.2) is 18.3 Å². The van der Waals surface area contributed by atoms with Crippen LogP contribution in [0.4, 0.5) is 0 Å². The average molecular weight is 371 g/mol. The van der Waals surface area contributed by atoms with Crippen molar-refractivity contribution in [1.29, 1.82) is 0 Å². The van der Waals surface area contributed by atoms with E-state index in [0.717, 1.165) is 11.1 Å². The van der Waals surface area contributed by atoms with E-state index in [1.165, 1.54) is 0 Å². The molecule has 0 amide bonds. The third-order valence-corrected chi connectivity index (χ3v) is 6.93. The second kappa shape index (κ2) is 9.51. The molecule has 0 fully saturated rings. The van der Waals surface area contributed by atoms with Crippen LogP contribution in [0, 0.1) is 0 Å². The molecule has 2 rings (SSSR count). The molecule has 0 bridgehead atoms. The van der Waals surface area contributed by atoms with Gasteiger partial charge in [0, 0.05) is 10.6 Å². The fourth-order valence-corrected chi connectivity index (χ4v) is 5.77. The number of benzene rings is 2. The molecule has 1 unspecified atom stereocenters. The lowest BCUT2D eigenvalue weighted by atomic mass is 10.0. The molecule has 124 valence electrons. The number of phenolic OH excluding ortho intramolecular Hbond substituents is 1. The van der Waals surface area contributed by atoms with Crippen molar-refractivity contribution >= 4 is 30.6 Å². The maximum atomic E-state index is 10.3. The minimum absolute atomic E-state index is 0.0855. The number of hydrogen-bond donors (Lipinski definition) is 1. The van der Waals surface area contributed by atoms with Crippen molar-refractivity contribution in [3.63, 3.8) is 0 Å². The van der Waals surface area contributed by atoms with E-state index in [-0.39, 0.29) is 11.0 Å². The predicted molar refractivity (Wildman–Crippen MR) is 99.2 cm³/mol. The first-order valence-corrected chi connectivity index (χ1v) is 10.5. The predicted octanol–water partition coefficient (Wildman–Crippen LogP) is 6.17. The lowest BCUT2D eigenvalue weighted by Crippen LogP contribution is -1.98. The third kappa shape index (κ3) is 5.37. The largest absolute Gasteiger partial charge is 0.508 e. The zero-order chi connectivity index (χ0) is 16.7. The van der Waals surface area contributed by atoms with Gasteiger partial charge in [0.25, 0.3) is 0 Å². The fourth-order valence-electron chi connectivity index (χ4n) is 2.04. The van der Waals surface area contributed by atoms with Crippen molar-refractivity contribution in [3.05, 3.63) is 64.7 Å². The Balaban J connectivity index is 2.34. The van der Waals surface area contributed by atoms with E-state index in [1.807, 2.05) is 56.3 Å². The van der Waals surface area contributed by atoms with Gasteiger partial charge in [-0.2, -0.15) is 0 Å². The standard InChI is InChI=1S/C17H20ClO3PS/c1-3-20-22(21-4-2)23-17(13-9-11-14(18)12-10-13)15-7-5-6-8-16(15)19/h5-12,17,19H,3-4H2,1-2H3. The van der Waals surface area contributed by atoms with Gasteiger partial charge >= 0.3 is 0 Å². The zero-order valence-electron chi connectivity index (χ0n) is 13.1.